The van der Waals surface area contributed by atoms with Crippen LogP contribution in [-0.2, 0) is 17.8 Å². The summed E-state index contributed by atoms with van der Waals surface area (Å²) in [6, 6.07) is 9.80. The molecule has 1 fully saturated rings. The molecule has 0 aromatic heterocycles. The molecular formula is C20H22F2N2O. The van der Waals surface area contributed by atoms with Crippen molar-refractivity contribution in [3.8, 4) is 0 Å². The minimum atomic E-state index is -0.598. The van der Waals surface area contributed by atoms with Crippen LogP contribution in [0.2, 0.25) is 0 Å². The maximum atomic E-state index is 14.0. The molecule has 0 bridgehead atoms. The molecule has 0 radical (unpaired) electrons. The maximum Gasteiger partial charge on any atom is 0.129 e. The second-order valence-electron chi connectivity index (χ2n) is 7.15. The first-order valence-electron chi connectivity index (χ1n) is 8.66. The third-order valence-corrected chi connectivity index (χ3v) is 5.29. The van der Waals surface area contributed by atoms with Gasteiger partial charge in [0.1, 0.15) is 17.7 Å². The van der Waals surface area contributed by atoms with Crippen LogP contribution in [0, 0.1) is 18.6 Å². The quantitative estimate of drug-likeness (QED) is 0.907. The van der Waals surface area contributed by atoms with Gasteiger partial charge in [0, 0.05) is 30.7 Å². The topological polar surface area (TPSA) is 38.5 Å². The monoisotopic (exact) mass is 344 g/mol. The van der Waals surface area contributed by atoms with E-state index >= 15 is 0 Å². The Labute approximate surface area is 146 Å². The summed E-state index contributed by atoms with van der Waals surface area (Å²) in [5.41, 5.74) is 10.5. The van der Waals surface area contributed by atoms with Crippen molar-refractivity contribution in [2.75, 3.05) is 6.61 Å². The Bertz CT molecular complexity index is 795. The predicted molar refractivity (Wildman–Crippen MR) is 91.9 cm³/mol. The highest BCUT2D eigenvalue weighted by atomic mass is 19.1. The molecule has 3 atom stereocenters. The molecule has 5 heteroatoms. The third kappa shape index (κ3) is 3.19. The Hall–Kier alpha value is -1.82. The number of nitrogens with two attached hydrogens (primary N) is 1. The van der Waals surface area contributed by atoms with E-state index in [1.54, 1.807) is 0 Å². The minimum absolute atomic E-state index is 0.190. The van der Waals surface area contributed by atoms with Gasteiger partial charge < -0.3 is 10.5 Å². The molecule has 1 saturated heterocycles. The summed E-state index contributed by atoms with van der Waals surface area (Å²) in [7, 11) is 0. The fraction of sp³-hybridized carbons (Fsp3) is 0.400. The molecule has 0 unspecified atom stereocenters. The van der Waals surface area contributed by atoms with Gasteiger partial charge in [-0.1, -0.05) is 23.8 Å². The zero-order valence-electron chi connectivity index (χ0n) is 14.2. The van der Waals surface area contributed by atoms with Crippen LogP contribution in [0.25, 0.3) is 0 Å². The number of fused-ring (bicyclic) bond motifs is 1. The highest BCUT2D eigenvalue weighted by Gasteiger charge is 2.36. The van der Waals surface area contributed by atoms with Crippen LogP contribution in [0.5, 0.6) is 0 Å². The molecule has 3 nitrogen and oxygen atoms in total. The predicted octanol–water partition coefficient (Wildman–Crippen LogP) is 3.45. The van der Waals surface area contributed by atoms with Crippen molar-refractivity contribution in [3.05, 3.63) is 70.3 Å². The van der Waals surface area contributed by atoms with Gasteiger partial charge in [-0.05, 0) is 42.7 Å². The first-order valence-corrected chi connectivity index (χ1v) is 8.66. The molecule has 2 aromatic rings. The zero-order chi connectivity index (χ0) is 17.6. The van der Waals surface area contributed by atoms with E-state index in [0.29, 0.717) is 13.0 Å². The van der Waals surface area contributed by atoms with E-state index in [2.05, 4.69) is 30.0 Å². The average Bonchev–Trinajstić information content (AvgIpc) is 3.00. The maximum absolute atomic E-state index is 14.0. The molecular weight excluding hydrogens is 322 g/mol. The van der Waals surface area contributed by atoms with E-state index in [1.807, 2.05) is 0 Å². The molecule has 0 saturated carbocycles. The molecule has 2 aromatic carbocycles. The summed E-state index contributed by atoms with van der Waals surface area (Å²) < 4.78 is 33.4. The number of rotatable bonds is 2. The average molecular weight is 344 g/mol. The van der Waals surface area contributed by atoms with E-state index < -0.39 is 17.7 Å². The van der Waals surface area contributed by atoms with Gasteiger partial charge in [-0.3, -0.25) is 4.90 Å². The summed E-state index contributed by atoms with van der Waals surface area (Å²) in [5.74, 6) is -0.941. The van der Waals surface area contributed by atoms with E-state index in [-0.39, 0.29) is 17.6 Å². The zero-order valence-corrected chi connectivity index (χ0v) is 14.2. The molecule has 2 aliphatic heterocycles. The van der Waals surface area contributed by atoms with Crippen molar-refractivity contribution in [1.29, 1.82) is 0 Å². The lowest BCUT2D eigenvalue weighted by atomic mass is 9.93. The molecule has 2 N–H and O–H groups in total. The molecule has 2 aliphatic rings. The molecule has 132 valence electrons. The van der Waals surface area contributed by atoms with E-state index in [1.165, 1.54) is 22.8 Å². The van der Waals surface area contributed by atoms with Crippen molar-refractivity contribution in [3.63, 3.8) is 0 Å². The molecule has 4 rings (SSSR count). The Morgan fingerprint density at radius 3 is 2.68 bits per heavy atom. The summed E-state index contributed by atoms with van der Waals surface area (Å²) >= 11 is 0. The highest BCUT2D eigenvalue weighted by molar-refractivity contribution is 5.34. The van der Waals surface area contributed by atoms with E-state index in [4.69, 9.17) is 10.5 Å². The molecule has 2 heterocycles. The molecule has 0 spiro atoms. The number of ether oxygens (including phenoxy) is 1. The first kappa shape index (κ1) is 16.6. The van der Waals surface area contributed by atoms with Gasteiger partial charge in [-0.25, -0.2) is 8.78 Å². The number of hydrogen-bond donors (Lipinski definition) is 1. The number of nitrogens with zero attached hydrogens (tertiary/aromatic N) is 1. The van der Waals surface area contributed by atoms with Crippen molar-refractivity contribution < 1.29 is 13.5 Å². The third-order valence-electron chi connectivity index (χ3n) is 5.29. The van der Waals surface area contributed by atoms with Crippen LogP contribution >= 0.6 is 0 Å². The smallest absolute Gasteiger partial charge is 0.129 e. The molecule has 0 amide bonds. The van der Waals surface area contributed by atoms with E-state index in [0.717, 1.165) is 25.2 Å². The summed E-state index contributed by atoms with van der Waals surface area (Å²) in [6.45, 7) is 4.34. The van der Waals surface area contributed by atoms with Gasteiger partial charge >= 0.3 is 0 Å². The Balaban J connectivity index is 1.46. The highest BCUT2D eigenvalue weighted by Crippen LogP contribution is 2.34. The summed E-state index contributed by atoms with van der Waals surface area (Å²) in [6.07, 6.45) is 0.104. The second-order valence-corrected chi connectivity index (χ2v) is 7.15. The standard InChI is InChI=1S/C20H22F2N2O/c1-12-2-3-13-9-24(10-14(13)6-12)16-8-19(23)20(25-11-16)17-7-15(21)4-5-18(17)22/h2-7,16,19-20H,8-11,23H2,1H3/t16-,19+,20-/m1/s1. The number of hydrogen-bond acceptors (Lipinski definition) is 3. The van der Waals surface area contributed by atoms with Crippen molar-refractivity contribution in [2.24, 2.45) is 5.73 Å². The van der Waals surface area contributed by atoms with Gasteiger partial charge in [0.15, 0.2) is 0 Å². The van der Waals surface area contributed by atoms with Crippen LogP contribution in [0.4, 0.5) is 8.78 Å². The van der Waals surface area contributed by atoms with Gasteiger partial charge in [0.2, 0.25) is 0 Å². The Morgan fingerprint density at radius 2 is 1.88 bits per heavy atom. The van der Waals surface area contributed by atoms with Gasteiger partial charge in [0.25, 0.3) is 0 Å². The number of aryl methyl sites for hydroxylation is 1. The van der Waals surface area contributed by atoms with Crippen molar-refractivity contribution in [1.82, 2.24) is 4.90 Å². The largest absolute Gasteiger partial charge is 0.370 e. The summed E-state index contributed by atoms with van der Waals surface area (Å²) in [5, 5.41) is 0. The number of halogens is 2. The van der Waals surface area contributed by atoms with Crippen LogP contribution < -0.4 is 5.73 Å². The fourth-order valence-electron chi connectivity index (χ4n) is 3.96. The van der Waals surface area contributed by atoms with Crippen LogP contribution in [0.15, 0.2) is 36.4 Å². The van der Waals surface area contributed by atoms with Crippen molar-refractivity contribution in [2.45, 2.75) is 44.6 Å². The normalized spacial score (nSPS) is 26.6. The van der Waals surface area contributed by atoms with Crippen LogP contribution in [-0.4, -0.2) is 23.6 Å². The lowest BCUT2D eigenvalue weighted by molar-refractivity contribution is -0.0531. The summed E-state index contributed by atoms with van der Waals surface area (Å²) in [4.78, 5) is 2.36. The lowest BCUT2D eigenvalue weighted by Crippen LogP contribution is -2.47. The minimum Gasteiger partial charge on any atom is -0.370 e. The molecule has 0 aliphatic carbocycles. The Kier molecular flexibility index (Phi) is 4.31. The lowest BCUT2D eigenvalue weighted by Gasteiger charge is -2.38. The molecule has 25 heavy (non-hydrogen) atoms. The van der Waals surface area contributed by atoms with Crippen molar-refractivity contribution >= 4 is 0 Å². The Morgan fingerprint density at radius 1 is 1.08 bits per heavy atom. The first-order chi connectivity index (χ1) is 12.0. The second kappa shape index (κ2) is 6.48. The van der Waals surface area contributed by atoms with Gasteiger partial charge in [-0.15, -0.1) is 0 Å². The van der Waals surface area contributed by atoms with Gasteiger partial charge in [-0.2, -0.15) is 0 Å². The number of benzene rings is 2. The van der Waals surface area contributed by atoms with E-state index in [9.17, 15) is 8.78 Å². The van der Waals surface area contributed by atoms with Crippen LogP contribution in [0.1, 0.15) is 34.8 Å². The van der Waals surface area contributed by atoms with Gasteiger partial charge in [0.05, 0.1) is 6.61 Å². The SMILES string of the molecule is Cc1ccc2c(c1)CN([C@H]1CO[C@H](c3cc(F)ccc3F)[C@@H](N)C1)C2. The van der Waals surface area contributed by atoms with Crippen LogP contribution in [0.3, 0.4) is 0 Å². The fourth-order valence-corrected chi connectivity index (χ4v) is 3.96.